The van der Waals surface area contributed by atoms with Crippen molar-refractivity contribution < 1.29 is 0 Å². The van der Waals surface area contributed by atoms with E-state index in [1.165, 1.54) is 35.1 Å². The molecule has 0 radical (unpaired) electrons. The van der Waals surface area contributed by atoms with Crippen LogP contribution in [0, 0.1) is 26.7 Å². The van der Waals surface area contributed by atoms with Crippen LogP contribution in [-0.2, 0) is 6.42 Å². The van der Waals surface area contributed by atoms with E-state index in [0.29, 0.717) is 12.0 Å². The fourth-order valence-corrected chi connectivity index (χ4v) is 2.72. The lowest BCUT2D eigenvalue weighted by atomic mass is 9.92. The van der Waals surface area contributed by atoms with Gasteiger partial charge in [0.1, 0.15) is 0 Å². The molecule has 0 aliphatic carbocycles. The first kappa shape index (κ1) is 14.2. The number of hydrogen-bond acceptors (Lipinski definition) is 1. The molecule has 17 heavy (non-hydrogen) atoms. The molecule has 96 valence electrons. The zero-order valence-electron chi connectivity index (χ0n) is 12.2. The summed E-state index contributed by atoms with van der Waals surface area (Å²) in [6, 6.07) is 5.22. The summed E-state index contributed by atoms with van der Waals surface area (Å²) in [5.41, 5.74) is 5.80. The molecule has 1 atom stereocenters. The maximum Gasteiger partial charge on any atom is 0.00902 e. The van der Waals surface area contributed by atoms with Crippen LogP contribution in [0.1, 0.15) is 42.5 Å². The van der Waals surface area contributed by atoms with Gasteiger partial charge in [0.05, 0.1) is 0 Å². The Morgan fingerprint density at radius 1 is 1.06 bits per heavy atom. The maximum atomic E-state index is 3.42. The quantitative estimate of drug-likeness (QED) is 0.816. The van der Waals surface area contributed by atoms with Crippen molar-refractivity contribution in [2.45, 2.75) is 53.5 Å². The zero-order valence-corrected chi connectivity index (χ0v) is 12.2. The van der Waals surface area contributed by atoms with E-state index in [2.05, 4.69) is 59.1 Å². The van der Waals surface area contributed by atoms with E-state index < -0.39 is 0 Å². The molecule has 0 aliphatic rings. The molecule has 1 unspecified atom stereocenters. The van der Waals surface area contributed by atoms with Crippen LogP contribution in [-0.4, -0.2) is 13.1 Å². The maximum absolute atomic E-state index is 3.42. The predicted molar refractivity (Wildman–Crippen MR) is 76.7 cm³/mol. The van der Waals surface area contributed by atoms with E-state index >= 15 is 0 Å². The summed E-state index contributed by atoms with van der Waals surface area (Å²) < 4.78 is 0. The lowest BCUT2D eigenvalue weighted by Gasteiger charge is -2.21. The second-order valence-corrected chi connectivity index (χ2v) is 5.56. The third-order valence-electron chi connectivity index (χ3n) is 3.72. The highest BCUT2D eigenvalue weighted by Gasteiger charge is 2.12. The van der Waals surface area contributed by atoms with Crippen molar-refractivity contribution in [2.24, 2.45) is 5.92 Å². The molecule has 0 heterocycles. The van der Waals surface area contributed by atoms with Gasteiger partial charge in [0.2, 0.25) is 0 Å². The number of hydrogen-bond donors (Lipinski definition) is 1. The molecular formula is C16H27N. The van der Waals surface area contributed by atoms with Crippen LogP contribution < -0.4 is 5.32 Å². The van der Waals surface area contributed by atoms with Crippen molar-refractivity contribution in [3.05, 3.63) is 34.4 Å². The van der Waals surface area contributed by atoms with E-state index in [0.717, 1.165) is 0 Å². The minimum atomic E-state index is 0.620. The number of benzene rings is 1. The Morgan fingerprint density at radius 2 is 1.59 bits per heavy atom. The molecule has 0 fully saturated rings. The van der Waals surface area contributed by atoms with Crippen LogP contribution in [0.3, 0.4) is 0 Å². The molecule has 1 aromatic rings. The van der Waals surface area contributed by atoms with E-state index in [9.17, 15) is 0 Å². The molecule has 0 aromatic heterocycles. The number of rotatable bonds is 5. The van der Waals surface area contributed by atoms with Crippen molar-refractivity contribution in [1.29, 1.82) is 0 Å². The van der Waals surface area contributed by atoms with Crippen molar-refractivity contribution in [2.75, 3.05) is 7.05 Å². The molecule has 0 saturated carbocycles. The SMILES string of the molecule is CNC(CCc1c(C)cc(C)cc1C)C(C)C. The highest BCUT2D eigenvalue weighted by molar-refractivity contribution is 5.37. The highest BCUT2D eigenvalue weighted by atomic mass is 14.9. The van der Waals surface area contributed by atoms with Gasteiger partial charge in [-0.3, -0.25) is 0 Å². The predicted octanol–water partition coefficient (Wildman–Crippen LogP) is 3.79. The Morgan fingerprint density at radius 3 is 2.00 bits per heavy atom. The third-order valence-corrected chi connectivity index (χ3v) is 3.72. The second kappa shape index (κ2) is 6.20. The fraction of sp³-hybridized carbons (Fsp3) is 0.625. The van der Waals surface area contributed by atoms with E-state index in [-0.39, 0.29) is 0 Å². The summed E-state index contributed by atoms with van der Waals surface area (Å²) in [4.78, 5) is 0. The van der Waals surface area contributed by atoms with Gasteiger partial charge >= 0.3 is 0 Å². The summed E-state index contributed by atoms with van der Waals surface area (Å²) >= 11 is 0. The Balaban J connectivity index is 2.75. The average molecular weight is 233 g/mol. The van der Waals surface area contributed by atoms with E-state index in [1.54, 1.807) is 0 Å². The molecule has 1 N–H and O–H groups in total. The van der Waals surface area contributed by atoms with Crippen molar-refractivity contribution in [3.63, 3.8) is 0 Å². The third kappa shape index (κ3) is 3.85. The minimum Gasteiger partial charge on any atom is -0.317 e. The van der Waals surface area contributed by atoms with Gasteiger partial charge in [0, 0.05) is 6.04 Å². The molecule has 1 aromatic carbocycles. The van der Waals surface area contributed by atoms with Crippen molar-refractivity contribution in [3.8, 4) is 0 Å². The first-order valence-electron chi connectivity index (χ1n) is 6.69. The van der Waals surface area contributed by atoms with Gasteiger partial charge in [0.15, 0.2) is 0 Å². The van der Waals surface area contributed by atoms with Gasteiger partial charge < -0.3 is 5.32 Å². The molecular weight excluding hydrogens is 206 g/mol. The summed E-state index contributed by atoms with van der Waals surface area (Å²) in [5.74, 6) is 0.700. The van der Waals surface area contributed by atoms with E-state index in [1.807, 2.05) is 0 Å². The first-order chi connectivity index (χ1) is 7.95. The zero-order chi connectivity index (χ0) is 13.0. The minimum absolute atomic E-state index is 0.620. The smallest absolute Gasteiger partial charge is 0.00902 e. The van der Waals surface area contributed by atoms with Gasteiger partial charge in [-0.2, -0.15) is 0 Å². The Labute approximate surface area is 107 Å². The normalized spacial score (nSPS) is 13.1. The topological polar surface area (TPSA) is 12.0 Å². The van der Waals surface area contributed by atoms with Gasteiger partial charge in [-0.1, -0.05) is 31.5 Å². The number of aryl methyl sites for hydroxylation is 3. The molecule has 0 amide bonds. The Kier molecular flexibility index (Phi) is 5.20. The lowest BCUT2D eigenvalue weighted by Crippen LogP contribution is -2.31. The van der Waals surface area contributed by atoms with Crippen molar-refractivity contribution >= 4 is 0 Å². The molecule has 0 saturated heterocycles. The van der Waals surface area contributed by atoms with Crippen LogP contribution in [0.4, 0.5) is 0 Å². The van der Waals surface area contributed by atoms with Gasteiger partial charge in [-0.25, -0.2) is 0 Å². The standard InChI is InChI=1S/C16H27N/c1-11(2)16(17-6)8-7-15-13(4)9-12(3)10-14(15)5/h9-11,16-17H,7-8H2,1-6H3. The molecule has 0 spiro atoms. The molecule has 1 rings (SSSR count). The highest BCUT2D eigenvalue weighted by Crippen LogP contribution is 2.19. The molecule has 0 aliphatic heterocycles. The van der Waals surface area contributed by atoms with Crippen LogP contribution in [0.15, 0.2) is 12.1 Å². The van der Waals surface area contributed by atoms with Crippen molar-refractivity contribution in [1.82, 2.24) is 5.32 Å². The van der Waals surface area contributed by atoms with Crippen LogP contribution in [0.2, 0.25) is 0 Å². The Bertz CT molecular complexity index is 343. The van der Waals surface area contributed by atoms with Crippen LogP contribution >= 0.6 is 0 Å². The molecule has 1 heteroatoms. The van der Waals surface area contributed by atoms with E-state index in [4.69, 9.17) is 0 Å². The fourth-order valence-electron chi connectivity index (χ4n) is 2.72. The molecule has 0 bridgehead atoms. The first-order valence-corrected chi connectivity index (χ1v) is 6.69. The number of nitrogens with one attached hydrogen (secondary N) is 1. The largest absolute Gasteiger partial charge is 0.317 e. The lowest BCUT2D eigenvalue weighted by molar-refractivity contribution is 0.402. The van der Waals surface area contributed by atoms with Gasteiger partial charge in [-0.05, 0) is 63.3 Å². The van der Waals surface area contributed by atoms with Crippen LogP contribution in [0.25, 0.3) is 0 Å². The summed E-state index contributed by atoms with van der Waals surface area (Å²) in [6.07, 6.45) is 2.40. The van der Waals surface area contributed by atoms with Gasteiger partial charge in [-0.15, -0.1) is 0 Å². The Hall–Kier alpha value is -0.820. The monoisotopic (exact) mass is 233 g/mol. The summed E-state index contributed by atoms with van der Waals surface area (Å²) in [6.45, 7) is 11.2. The van der Waals surface area contributed by atoms with Gasteiger partial charge in [0.25, 0.3) is 0 Å². The molecule has 1 nitrogen and oxygen atoms in total. The second-order valence-electron chi connectivity index (χ2n) is 5.56. The average Bonchev–Trinajstić information content (AvgIpc) is 2.21. The summed E-state index contributed by atoms with van der Waals surface area (Å²) in [5, 5.41) is 3.42. The summed E-state index contributed by atoms with van der Waals surface area (Å²) in [7, 11) is 2.07. The van der Waals surface area contributed by atoms with Crippen LogP contribution in [0.5, 0.6) is 0 Å².